The van der Waals surface area contributed by atoms with Gasteiger partial charge in [-0.05, 0) is 32.0 Å². The van der Waals surface area contributed by atoms with E-state index in [9.17, 15) is 13.2 Å². The van der Waals surface area contributed by atoms with Crippen LogP contribution >= 0.6 is 0 Å². The maximum Gasteiger partial charge on any atom is 0.401 e. The van der Waals surface area contributed by atoms with Crippen LogP contribution < -0.4 is 11.0 Å². The molecule has 0 spiro atoms. The molecule has 4 heterocycles. The molecule has 0 atom stereocenters. The van der Waals surface area contributed by atoms with Gasteiger partial charge in [0.25, 0.3) is 0 Å². The minimum atomic E-state index is -4.13. The van der Waals surface area contributed by atoms with Crippen LogP contribution in [0.3, 0.4) is 0 Å². The number of hydrazine groups is 2. The molecule has 0 bridgehead atoms. The highest BCUT2D eigenvalue weighted by molar-refractivity contribution is 5.87. The molecule has 124 valence electrons. The number of hydrogen-bond donors (Lipinski definition) is 3. The van der Waals surface area contributed by atoms with Crippen LogP contribution in [0.25, 0.3) is 5.70 Å². The number of likely N-dealkylation sites (tertiary alicyclic amines) is 1. The van der Waals surface area contributed by atoms with Crippen LogP contribution in [0.2, 0.25) is 0 Å². The number of nitrogens with zero attached hydrogens (tertiary/aromatic N) is 3. The number of aromatic amines is 1. The molecule has 9 heteroatoms. The first-order valence-corrected chi connectivity index (χ1v) is 7.57. The molecule has 23 heavy (non-hydrogen) atoms. The Morgan fingerprint density at radius 1 is 1.26 bits per heavy atom. The normalized spacial score (nSPS) is 22.3. The quantitative estimate of drug-likeness (QED) is 0.778. The highest BCUT2D eigenvalue weighted by Gasteiger charge is 2.36. The van der Waals surface area contributed by atoms with Crippen molar-refractivity contribution in [3.05, 3.63) is 23.5 Å². The third-order valence-electron chi connectivity index (χ3n) is 4.49. The van der Waals surface area contributed by atoms with Crippen LogP contribution in [0.15, 0.2) is 23.0 Å². The third-order valence-corrected chi connectivity index (χ3v) is 4.49. The molecule has 3 aliphatic rings. The van der Waals surface area contributed by atoms with Gasteiger partial charge in [-0.1, -0.05) is 0 Å². The van der Waals surface area contributed by atoms with E-state index in [0.717, 1.165) is 22.8 Å². The summed E-state index contributed by atoms with van der Waals surface area (Å²) in [4.78, 5) is 8.86. The van der Waals surface area contributed by atoms with Gasteiger partial charge in [-0.2, -0.15) is 13.2 Å². The highest BCUT2D eigenvalue weighted by atomic mass is 19.4. The number of H-pyrrole nitrogens is 1. The van der Waals surface area contributed by atoms with Crippen LogP contribution in [-0.4, -0.2) is 47.0 Å². The van der Waals surface area contributed by atoms with E-state index in [0.29, 0.717) is 25.9 Å². The van der Waals surface area contributed by atoms with Gasteiger partial charge in [0.15, 0.2) is 0 Å². The molecule has 0 aliphatic carbocycles. The molecule has 1 fully saturated rings. The molecular weight excluding hydrogens is 309 g/mol. The zero-order chi connectivity index (χ0) is 16.0. The summed E-state index contributed by atoms with van der Waals surface area (Å²) in [6, 6.07) is 1.96. The first-order valence-electron chi connectivity index (χ1n) is 7.57. The van der Waals surface area contributed by atoms with Crippen LogP contribution in [0.5, 0.6) is 0 Å². The van der Waals surface area contributed by atoms with Gasteiger partial charge >= 0.3 is 6.18 Å². The van der Waals surface area contributed by atoms with Crippen LogP contribution in [0, 0.1) is 5.92 Å². The predicted octanol–water partition coefficient (Wildman–Crippen LogP) is 1.96. The lowest BCUT2D eigenvalue weighted by Gasteiger charge is -2.33. The number of piperidine rings is 1. The molecule has 3 aliphatic heterocycles. The molecule has 1 saturated heterocycles. The molecule has 1 aromatic rings. The molecule has 0 amide bonds. The predicted molar refractivity (Wildman–Crippen MR) is 79.2 cm³/mol. The van der Waals surface area contributed by atoms with E-state index in [1.807, 2.05) is 17.3 Å². The molecule has 3 N–H and O–H groups in total. The molecule has 0 aromatic carbocycles. The van der Waals surface area contributed by atoms with Crippen molar-refractivity contribution in [2.75, 3.05) is 19.6 Å². The average Bonchev–Trinajstić information content (AvgIpc) is 3.12. The number of aliphatic imine (C=N–C) groups is 1. The van der Waals surface area contributed by atoms with Crippen molar-refractivity contribution in [3.63, 3.8) is 0 Å². The lowest BCUT2D eigenvalue weighted by atomic mass is 9.91. The molecule has 1 aromatic heterocycles. The second kappa shape index (κ2) is 5.27. The van der Waals surface area contributed by atoms with E-state index in [4.69, 9.17) is 0 Å². The Hall–Kier alpha value is -2.00. The summed E-state index contributed by atoms with van der Waals surface area (Å²) in [6.07, 6.45) is 0.800. The Bertz CT molecular complexity index is 654. The number of halogens is 3. The van der Waals surface area contributed by atoms with Gasteiger partial charge in [-0.15, -0.1) is 5.53 Å². The van der Waals surface area contributed by atoms with Crippen LogP contribution in [-0.2, 0) is 0 Å². The molecule has 0 saturated carbocycles. The van der Waals surface area contributed by atoms with Crippen LogP contribution in [0.1, 0.15) is 18.4 Å². The number of rotatable bonds is 2. The van der Waals surface area contributed by atoms with Gasteiger partial charge < -0.3 is 10.4 Å². The van der Waals surface area contributed by atoms with Crippen molar-refractivity contribution >= 4 is 17.9 Å². The Morgan fingerprint density at radius 3 is 2.78 bits per heavy atom. The van der Waals surface area contributed by atoms with Crippen molar-refractivity contribution in [1.82, 2.24) is 25.9 Å². The van der Waals surface area contributed by atoms with Gasteiger partial charge in [0.1, 0.15) is 12.2 Å². The first kappa shape index (κ1) is 14.6. The maximum atomic E-state index is 12.5. The zero-order valence-electron chi connectivity index (χ0n) is 12.3. The minimum Gasteiger partial charge on any atom is -0.346 e. The maximum absolute atomic E-state index is 12.5. The molecular formula is C14H17F3N6. The van der Waals surface area contributed by atoms with Gasteiger partial charge in [0.2, 0.25) is 0 Å². The topological polar surface area (TPSA) is 58.7 Å². The molecule has 0 radical (unpaired) electrons. The smallest absolute Gasteiger partial charge is 0.346 e. The van der Waals surface area contributed by atoms with Gasteiger partial charge in [-0.25, -0.2) is 10.0 Å². The summed E-state index contributed by atoms with van der Waals surface area (Å²) in [5.41, 5.74) is 9.24. The number of alkyl halides is 3. The lowest BCUT2D eigenvalue weighted by molar-refractivity contribution is -0.148. The number of fused-ring (bicyclic) bond motifs is 3. The largest absolute Gasteiger partial charge is 0.401 e. The van der Waals surface area contributed by atoms with Crippen molar-refractivity contribution in [2.45, 2.75) is 19.0 Å². The molecule has 0 unspecified atom stereocenters. The van der Waals surface area contributed by atoms with E-state index in [1.54, 1.807) is 6.34 Å². The van der Waals surface area contributed by atoms with Crippen LogP contribution in [0.4, 0.5) is 19.0 Å². The Morgan fingerprint density at radius 2 is 2.04 bits per heavy atom. The number of allylic oxidation sites excluding steroid dienone is 1. The fraction of sp³-hybridized carbons (Fsp3) is 0.500. The van der Waals surface area contributed by atoms with Crippen molar-refractivity contribution in [1.29, 1.82) is 0 Å². The summed E-state index contributed by atoms with van der Waals surface area (Å²) in [5, 5.41) is 1.81. The monoisotopic (exact) mass is 326 g/mol. The molecule has 6 nitrogen and oxygen atoms in total. The highest BCUT2D eigenvalue weighted by Crippen LogP contribution is 2.38. The Labute approximate surface area is 131 Å². The fourth-order valence-electron chi connectivity index (χ4n) is 3.43. The van der Waals surface area contributed by atoms with E-state index < -0.39 is 12.7 Å². The second-order valence-electron chi connectivity index (χ2n) is 6.02. The van der Waals surface area contributed by atoms with E-state index in [-0.39, 0.29) is 5.92 Å². The number of aromatic nitrogens is 1. The van der Waals surface area contributed by atoms with E-state index in [1.165, 1.54) is 4.90 Å². The molecule has 4 rings (SSSR count). The summed E-state index contributed by atoms with van der Waals surface area (Å²) in [7, 11) is 0. The summed E-state index contributed by atoms with van der Waals surface area (Å²) in [6.45, 7) is 0.0888. The Kier molecular flexibility index (Phi) is 3.34. The minimum absolute atomic E-state index is 0.209. The summed E-state index contributed by atoms with van der Waals surface area (Å²) < 4.78 is 37.5. The third kappa shape index (κ3) is 2.70. The summed E-state index contributed by atoms with van der Waals surface area (Å²) >= 11 is 0. The standard InChI is InChI=1S/C14H17F3N6/c15-14(16,17)7-22-5-2-9(3-6-22)11-12-10-1-4-18-13(10)19-8-23(12)21-20-11/h1,4,8-9,18,20-21H,2-3,5-7H2. The lowest BCUT2D eigenvalue weighted by Crippen LogP contribution is -2.42. The van der Waals surface area contributed by atoms with Gasteiger partial charge in [0, 0.05) is 17.7 Å². The van der Waals surface area contributed by atoms with E-state index >= 15 is 0 Å². The average molecular weight is 326 g/mol. The van der Waals surface area contributed by atoms with Gasteiger partial charge in [0.05, 0.1) is 17.9 Å². The fourth-order valence-corrected chi connectivity index (χ4v) is 3.43. The van der Waals surface area contributed by atoms with E-state index in [2.05, 4.69) is 20.9 Å². The van der Waals surface area contributed by atoms with Crippen molar-refractivity contribution in [3.8, 4) is 0 Å². The SMILES string of the molecule is FC(F)(F)CN1CCC(C2=C3c4cc[nH]c4N=CN3NN2)CC1. The van der Waals surface area contributed by atoms with Crippen molar-refractivity contribution in [2.24, 2.45) is 10.9 Å². The Balaban J connectivity index is 1.52. The number of hydrogen-bond acceptors (Lipinski definition) is 5. The second-order valence-corrected chi connectivity index (χ2v) is 6.02. The van der Waals surface area contributed by atoms with Gasteiger partial charge in [-0.3, -0.25) is 4.90 Å². The number of nitrogens with one attached hydrogen (secondary N) is 3. The summed E-state index contributed by atoms with van der Waals surface area (Å²) in [5.74, 6) is 1.01. The van der Waals surface area contributed by atoms with Crippen molar-refractivity contribution < 1.29 is 13.2 Å². The first-order chi connectivity index (χ1) is 11.0. The zero-order valence-corrected chi connectivity index (χ0v) is 12.3.